The summed E-state index contributed by atoms with van der Waals surface area (Å²) >= 11 is 0. The highest BCUT2D eigenvalue weighted by molar-refractivity contribution is 5.86. The van der Waals surface area contributed by atoms with Gasteiger partial charge in [0, 0.05) is 13.0 Å². The van der Waals surface area contributed by atoms with Crippen molar-refractivity contribution in [2.24, 2.45) is 5.92 Å². The van der Waals surface area contributed by atoms with Crippen molar-refractivity contribution in [3.63, 3.8) is 0 Å². The number of hydrogen-bond acceptors (Lipinski definition) is 2. The summed E-state index contributed by atoms with van der Waals surface area (Å²) in [6.07, 6.45) is 3.30. The molecule has 2 heteroatoms. The number of carbonyl (C=O) groups excluding carboxylic acids is 1. The third-order valence-electron chi connectivity index (χ3n) is 2.18. The molecule has 1 aliphatic carbocycles. The lowest BCUT2D eigenvalue weighted by atomic mass is 10.1. The van der Waals surface area contributed by atoms with Gasteiger partial charge in [-0.05, 0) is 18.8 Å². The zero-order chi connectivity index (χ0) is 6.27. The van der Waals surface area contributed by atoms with Crippen LogP contribution in [0.2, 0.25) is 0 Å². The van der Waals surface area contributed by atoms with Crippen LogP contribution < -0.4 is 5.32 Å². The molecule has 0 radical (unpaired) electrons. The topological polar surface area (TPSA) is 29.1 Å². The van der Waals surface area contributed by atoms with E-state index in [4.69, 9.17) is 0 Å². The van der Waals surface area contributed by atoms with Gasteiger partial charge in [-0.2, -0.15) is 0 Å². The maximum absolute atomic E-state index is 11.0. The minimum Gasteiger partial charge on any atom is -0.307 e. The van der Waals surface area contributed by atoms with Gasteiger partial charge in [0.05, 0.1) is 6.04 Å². The van der Waals surface area contributed by atoms with Gasteiger partial charge in [-0.15, -0.1) is 0 Å². The Bertz CT molecular complexity index is 140. The summed E-state index contributed by atoms with van der Waals surface area (Å²) in [7, 11) is 0. The van der Waals surface area contributed by atoms with Crippen molar-refractivity contribution in [1.29, 1.82) is 0 Å². The second-order valence-electron chi connectivity index (χ2n) is 2.99. The molecule has 50 valence electrons. The molecular weight excluding hydrogens is 114 g/mol. The first-order valence-corrected chi connectivity index (χ1v) is 3.64. The second kappa shape index (κ2) is 1.81. The Labute approximate surface area is 54.6 Å². The fourth-order valence-electron chi connectivity index (χ4n) is 1.48. The van der Waals surface area contributed by atoms with E-state index in [1.165, 1.54) is 12.8 Å². The Morgan fingerprint density at radius 3 is 2.67 bits per heavy atom. The van der Waals surface area contributed by atoms with E-state index in [9.17, 15) is 4.79 Å². The summed E-state index contributed by atoms with van der Waals surface area (Å²) in [4.78, 5) is 11.0. The smallest absolute Gasteiger partial charge is 0.151 e. The van der Waals surface area contributed by atoms with Crippen LogP contribution >= 0.6 is 0 Å². The van der Waals surface area contributed by atoms with Gasteiger partial charge in [0.1, 0.15) is 0 Å². The lowest BCUT2D eigenvalue weighted by Gasteiger charge is -2.03. The molecule has 1 saturated carbocycles. The van der Waals surface area contributed by atoms with Gasteiger partial charge in [-0.3, -0.25) is 4.79 Å². The number of nitrogens with one attached hydrogen (secondary N) is 1. The van der Waals surface area contributed by atoms with E-state index in [1.54, 1.807) is 0 Å². The summed E-state index contributed by atoms with van der Waals surface area (Å²) in [6.45, 7) is 0.917. The van der Waals surface area contributed by atoms with Crippen molar-refractivity contribution >= 4 is 5.78 Å². The molecule has 1 heterocycles. The third-order valence-corrected chi connectivity index (χ3v) is 2.18. The van der Waals surface area contributed by atoms with Crippen molar-refractivity contribution in [2.45, 2.75) is 25.3 Å². The summed E-state index contributed by atoms with van der Waals surface area (Å²) in [6, 6.07) is 0.255. The van der Waals surface area contributed by atoms with Crippen LogP contribution in [0.4, 0.5) is 0 Å². The van der Waals surface area contributed by atoms with E-state index in [2.05, 4.69) is 5.32 Å². The molecule has 1 atom stereocenters. The predicted octanol–water partition coefficient (Wildman–Crippen LogP) is 0.327. The molecule has 0 bridgehead atoms. The first-order valence-electron chi connectivity index (χ1n) is 3.64. The molecule has 0 aromatic carbocycles. The Morgan fingerprint density at radius 2 is 2.22 bits per heavy atom. The van der Waals surface area contributed by atoms with Crippen LogP contribution in [-0.2, 0) is 4.79 Å². The van der Waals surface area contributed by atoms with E-state index in [0.717, 1.165) is 13.0 Å². The van der Waals surface area contributed by atoms with E-state index < -0.39 is 0 Å². The summed E-state index contributed by atoms with van der Waals surface area (Å²) in [5, 5.41) is 3.22. The Morgan fingerprint density at radius 1 is 1.44 bits per heavy atom. The normalized spacial score (nSPS) is 35.6. The van der Waals surface area contributed by atoms with Gasteiger partial charge in [0.15, 0.2) is 5.78 Å². The summed E-state index contributed by atoms with van der Waals surface area (Å²) in [5.74, 6) is 1.15. The van der Waals surface area contributed by atoms with Gasteiger partial charge in [0.2, 0.25) is 0 Å². The van der Waals surface area contributed by atoms with Crippen molar-refractivity contribution in [2.75, 3.05) is 6.54 Å². The molecule has 9 heavy (non-hydrogen) atoms. The predicted molar refractivity (Wildman–Crippen MR) is 34.1 cm³/mol. The molecule has 1 aliphatic heterocycles. The first kappa shape index (κ1) is 5.42. The molecule has 2 aliphatic rings. The lowest BCUT2D eigenvalue weighted by Crippen LogP contribution is -2.28. The largest absolute Gasteiger partial charge is 0.307 e. The minimum atomic E-state index is 0.255. The zero-order valence-corrected chi connectivity index (χ0v) is 5.39. The second-order valence-corrected chi connectivity index (χ2v) is 2.99. The number of rotatable bonds is 1. The maximum atomic E-state index is 11.0. The molecule has 1 saturated heterocycles. The van der Waals surface area contributed by atoms with E-state index in [-0.39, 0.29) is 6.04 Å². The van der Waals surface area contributed by atoms with E-state index in [0.29, 0.717) is 11.7 Å². The number of carbonyl (C=O) groups is 1. The molecule has 0 amide bonds. The highest BCUT2D eigenvalue weighted by atomic mass is 16.1. The molecule has 0 aromatic rings. The minimum absolute atomic E-state index is 0.255. The van der Waals surface area contributed by atoms with Crippen LogP contribution in [0, 0.1) is 5.92 Å². The zero-order valence-electron chi connectivity index (χ0n) is 5.39. The van der Waals surface area contributed by atoms with Crippen LogP contribution in [0.25, 0.3) is 0 Å². The molecule has 0 spiro atoms. The standard InChI is InChI=1S/C7H11NO/c9-6-3-4-8-7(6)5-1-2-5/h5,7-8H,1-4H2. The molecule has 2 fully saturated rings. The molecular formula is C7H11NO. The molecule has 1 N–H and O–H groups in total. The molecule has 2 rings (SSSR count). The summed E-state index contributed by atoms with van der Waals surface area (Å²) < 4.78 is 0. The Hall–Kier alpha value is -0.370. The van der Waals surface area contributed by atoms with Crippen molar-refractivity contribution < 1.29 is 4.79 Å². The van der Waals surface area contributed by atoms with Crippen molar-refractivity contribution in [3.8, 4) is 0 Å². The third kappa shape index (κ3) is 0.874. The maximum Gasteiger partial charge on any atom is 0.151 e. The monoisotopic (exact) mass is 125 g/mol. The molecule has 2 nitrogen and oxygen atoms in total. The van der Waals surface area contributed by atoms with Crippen LogP contribution in [0.1, 0.15) is 19.3 Å². The molecule has 1 unspecified atom stereocenters. The van der Waals surface area contributed by atoms with Gasteiger partial charge < -0.3 is 5.32 Å². The van der Waals surface area contributed by atoms with Gasteiger partial charge in [-0.25, -0.2) is 0 Å². The Kier molecular flexibility index (Phi) is 1.09. The molecule has 0 aromatic heterocycles. The fraction of sp³-hybridized carbons (Fsp3) is 0.857. The quantitative estimate of drug-likeness (QED) is 0.547. The summed E-state index contributed by atoms with van der Waals surface area (Å²) in [5.41, 5.74) is 0. The highest BCUT2D eigenvalue weighted by Crippen LogP contribution is 2.34. The SMILES string of the molecule is O=C1CCNC1C1CC1. The fourth-order valence-corrected chi connectivity index (χ4v) is 1.48. The van der Waals surface area contributed by atoms with Gasteiger partial charge in [0.25, 0.3) is 0 Å². The van der Waals surface area contributed by atoms with Crippen LogP contribution in [0.15, 0.2) is 0 Å². The van der Waals surface area contributed by atoms with Crippen molar-refractivity contribution in [1.82, 2.24) is 5.32 Å². The average Bonchev–Trinajstić information content (AvgIpc) is 2.58. The van der Waals surface area contributed by atoms with Crippen LogP contribution in [-0.4, -0.2) is 18.4 Å². The van der Waals surface area contributed by atoms with Crippen molar-refractivity contribution in [3.05, 3.63) is 0 Å². The number of hydrogen-bond donors (Lipinski definition) is 1. The first-order chi connectivity index (χ1) is 4.38. The number of Topliss-reactive ketones (excluding diaryl/α,β-unsaturated/α-hetero) is 1. The average molecular weight is 125 g/mol. The van der Waals surface area contributed by atoms with Gasteiger partial charge >= 0.3 is 0 Å². The van der Waals surface area contributed by atoms with Crippen LogP contribution in [0.3, 0.4) is 0 Å². The van der Waals surface area contributed by atoms with Gasteiger partial charge in [-0.1, -0.05) is 0 Å². The van der Waals surface area contributed by atoms with Crippen LogP contribution in [0.5, 0.6) is 0 Å². The van der Waals surface area contributed by atoms with E-state index in [1.807, 2.05) is 0 Å². The highest BCUT2D eigenvalue weighted by Gasteiger charge is 2.37. The Balaban J connectivity index is 2.01. The number of ketones is 1. The lowest BCUT2D eigenvalue weighted by molar-refractivity contribution is -0.119. The van der Waals surface area contributed by atoms with E-state index >= 15 is 0 Å².